The predicted octanol–water partition coefficient (Wildman–Crippen LogP) is 3.38. The van der Waals surface area contributed by atoms with Gasteiger partial charge in [0.1, 0.15) is 13.2 Å². The van der Waals surface area contributed by atoms with Crippen molar-refractivity contribution in [2.24, 2.45) is 0 Å². The summed E-state index contributed by atoms with van der Waals surface area (Å²) >= 11 is 0. The van der Waals surface area contributed by atoms with E-state index in [-0.39, 0.29) is 5.97 Å². The third-order valence-corrected chi connectivity index (χ3v) is 3.01. The van der Waals surface area contributed by atoms with Gasteiger partial charge in [0.25, 0.3) is 0 Å². The number of carbonyl (C=O) groups is 1. The highest BCUT2D eigenvalue weighted by Crippen LogP contribution is 2.08. The fourth-order valence-corrected chi connectivity index (χ4v) is 1.73. The maximum Gasteiger partial charge on any atom is 0.305 e. The van der Waals surface area contributed by atoms with Crippen LogP contribution in [-0.2, 0) is 9.53 Å². The maximum atomic E-state index is 11.4. The summed E-state index contributed by atoms with van der Waals surface area (Å²) in [7, 11) is 6.30. The Hall–Kier alpha value is -0.570. The first-order valence-corrected chi connectivity index (χ1v) is 7.42. The number of unbranched alkanes of at least 4 members (excludes halogenated alkanes) is 6. The second-order valence-corrected chi connectivity index (χ2v) is 6.11. The van der Waals surface area contributed by atoms with E-state index in [9.17, 15) is 4.79 Å². The van der Waals surface area contributed by atoms with Crippen LogP contribution < -0.4 is 0 Å². The molecular weight excluding hydrogens is 226 g/mol. The minimum atomic E-state index is -0.0305. The Kier molecular flexibility index (Phi) is 10.0. The lowest BCUT2D eigenvalue weighted by Gasteiger charge is -2.23. The van der Waals surface area contributed by atoms with Crippen LogP contribution in [0.5, 0.6) is 0 Å². The van der Waals surface area contributed by atoms with E-state index < -0.39 is 0 Å². The molecule has 0 saturated heterocycles. The summed E-state index contributed by atoms with van der Waals surface area (Å²) in [6.07, 6.45) is 9.26. The number of nitrogens with zero attached hydrogens (tertiary/aromatic N) is 1. The van der Waals surface area contributed by atoms with Gasteiger partial charge in [0, 0.05) is 6.42 Å². The number of hydrogen-bond donors (Lipinski definition) is 0. The summed E-state index contributed by atoms with van der Waals surface area (Å²) in [4.78, 5) is 11.4. The summed E-state index contributed by atoms with van der Waals surface area (Å²) in [6.45, 7) is 3.65. The quantitative estimate of drug-likeness (QED) is 0.323. The van der Waals surface area contributed by atoms with Crippen LogP contribution in [0.4, 0.5) is 0 Å². The molecule has 0 rings (SSSR count). The van der Waals surface area contributed by atoms with Crippen molar-refractivity contribution >= 4 is 5.97 Å². The molecule has 0 N–H and O–H groups in total. The van der Waals surface area contributed by atoms with E-state index in [1.807, 2.05) is 0 Å². The van der Waals surface area contributed by atoms with Gasteiger partial charge in [0.05, 0.1) is 21.1 Å². The van der Waals surface area contributed by atoms with E-state index in [0.717, 1.165) is 23.9 Å². The number of hydrogen-bond acceptors (Lipinski definition) is 2. The van der Waals surface area contributed by atoms with Gasteiger partial charge in [-0.15, -0.1) is 0 Å². The SMILES string of the molecule is CCCCCCCCCC(=O)OCC[N+](C)(C)C. The fraction of sp³-hybridized carbons (Fsp3) is 0.933. The fourth-order valence-electron chi connectivity index (χ4n) is 1.73. The molecule has 3 heteroatoms. The van der Waals surface area contributed by atoms with Crippen LogP contribution in [-0.4, -0.2) is 44.7 Å². The summed E-state index contributed by atoms with van der Waals surface area (Å²) in [5, 5.41) is 0. The molecule has 0 radical (unpaired) electrons. The van der Waals surface area contributed by atoms with Gasteiger partial charge in [-0.05, 0) is 6.42 Å². The lowest BCUT2D eigenvalue weighted by Crippen LogP contribution is -2.37. The van der Waals surface area contributed by atoms with Gasteiger partial charge in [0.2, 0.25) is 0 Å². The summed E-state index contributed by atoms with van der Waals surface area (Å²) in [5.74, 6) is -0.0305. The average molecular weight is 258 g/mol. The van der Waals surface area contributed by atoms with Crippen LogP contribution in [0.1, 0.15) is 58.3 Å². The highest BCUT2D eigenvalue weighted by molar-refractivity contribution is 5.69. The third-order valence-electron chi connectivity index (χ3n) is 3.01. The van der Waals surface area contributed by atoms with Gasteiger partial charge in [-0.25, -0.2) is 0 Å². The number of quaternary nitrogens is 1. The lowest BCUT2D eigenvalue weighted by atomic mass is 10.1. The smallest absolute Gasteiger partial charge is 0.305 e. The molecule has 0 spiro atoms. The Bertz CT molecular complexity index is 209. The lowest BCUT2D eigenvalue weighted by molar-refractivity contribution is -0.870. The minimum Gasteiger partial charge on any atom is -0.460 e. The molecule has 0 atom stereocenters. The number of ether oxygens (including phenoxy) is 1. The van der Waals surface area contributed by atoms with Crippen LogP contribution in [0.2, 0.25) is 0 Å². The number of carbonyl (C=O) groups excluding carboxylic acids is 1. The molecule has 0 saturated carbocycles. The van der Waals surface area contributed by atoms with Crippen LogP contribution >= 0.6 is 0 Å². The van der Waals surface area contributed by atoms with Gasteiger partial charge in [-0.3, -0.25) is 4.79 Å². The van der Waals surface area contributed by atoms with Crippen molar-refractivity contribution in [1.82, 2.24) is 0 Å². The molecule has 0 aliphatic rings. The van der Waals surface area contributed by atoms with Crippen LogP contribution in [0.3, 0.4) is 0 Å². The first kappa shape index (κ1) is 17.4. The van der Waals surface area contributed by atoms with Crippen LogP contribution in [0.25, 0.3) is 0 Å². The van der Waals surface area contributed by atoms with Crippen molar-refractivity contribution in [3.05, 3.63) is 0 Å². The zero-order valence-corrected chi connectivity index (χ0v) is 12.8. The summed E-state index contributed by atoms with van der Waals surface area (Å²) in [6, 6.07) is 0. The Morgan fingerprint density at radius 3 is 2.06 bits per heavy atom. The summed E-state index contributed by atoms with van der Waals surface area (Å²) in [5.41, 5.74) is 0. The Balaban J connectivity index is 3.27. The minimum absolute atomic E-state index is 0.0305. The van der Waals surface area contributed by atoms with Crippen LogP contribution in [0, 0.1) is 0 Å². The molecular formula is C15H32NO2+. The molecule has 3 nitrogen and oxygen atoms in total. The van der Waals surface area contributed by atoms with Gasteiger partial charge in [-0.1, -0.05) is 45.4 Å². The number of rotatable bonds is 11. The van der Waals surface area contributed by atoms with Crippen molar-refractivity contribution in [2.45, 2.75) is 58.3 Å². The number of esters is 1. The molecule has 0 heterocycles. The highest BCUT2D eigenvalue weighted by atomic mass is 16.5. The van der Waals surface area contributed by atoms with E-state index in [0.29, 0.717) is 13.0 Å². The largest absolute Gasteiger partial charge is 0.460 e. The predicted molar refractivity (Wildman–Crippen MR) is 76.5 cm³/mol. The molecule has 0 bridgehead atoms. The summed E-state index contributed by atoms with van der Waals surface area (Å²) < 4.78 is 6.05. The first-order valence-electron chi connectivity index (χ1n) is 7.42. The van der Waals surface area contributed by atoms with Crippen molar-refractivity contribution in [3.63, 3.8) is 0 Å². The topological polar surface area (TPSA) is 26.3 Å². The molecule has 0 aromatic heterocycles. The van der Waals surface area contributed by atoms with Gasteiger partial charge in [-0.2, -0.15) is 0 Å². The Morgan fingerprint density at radius 2 is 1.50 bits per heavy atom. The molecule has 0 fully saturated rings. The van der Waals surface area contributed by atoms with E-state index in [4.69, 9.17) is 4.74 Å². The standard InChI is InChI=1S/C15H32NO2/c1-5-6-7-8-9-10-11-12-15(17)18-14-13-16(2,3)4/h5-14H2,1-4H3/q+1. The van der Waals surface area contributed by atoms with Crippen molar-refractivity contribution in [2.75, 3.05) is 34.3 Å². The van der Waals surface area contributed by atoms with Crippen molar-refractivity contribution < 1.29 is 14.0 Å². The molecule has 0 unspecified atom stereocenters. The molecule has 0 aliphatic heterocycles. The van der Waals surface area contributed by atoms with Gasteiger partial charge in [0.15, 0.2) is 0 Å². The molecule has 0 amide bonds. The van der Waals surface area contributed by atoms with Crippen molar-refractivity contribution in [3.8, 4) is 0 Å². The molecule has 0 aliphatic carbocycles. The highest BCUT2D eigenvalue weighted by Gasteiger charge is 2.08. The maximum absolute atomic E-state index is 11.4. The van der Waals surface area contributed by atoms with E-state index in [1.165, 1.54) is 32.1 Å². The molecule has 0 aromatic rings. The zero-order valence-electron chi connectivity index (χ0n) is 12.8. The Morgan fingerprint density at radius 1 is 0.944 bits per heavy atom. The monoisotopic (exact) mass is 258 g/mol. The normalized spacial score (nSPS) is 11.6. The van der Waals surface area contributed by atoms with Gasteiger partial charge < -0.3 is 9.22 Å². The second-order valence-electron chi connectivity index (χ2n) is 6.11. The van der Waals surface area contributed by atoms with E-state index in [2.05, 4.69) is 28.1 Å². The number of likely N-dealkylation sites (N-methyl/N-ethyl adjacent to an activating group) is 1. The molecule has 18 heavy (non-hydrogen) atoms. The zero-order chi connectivity index (χ0) is 13.9. The van der Waals surface area contributed by atoms with Crippen LogP contribution in [0.15, 0.2) is 0 Å². The molecule has 0 aromatic carbocycles. The second kappa shape index (κ2) is 10.4. The molecule has 108 valence electrons. The van der Waals surface area contributed by atoms with E-state index >= 15 is 0 Å². The average Bonchev–Trinajstić information content (AvgIpc) is 2.26. The van der Waals surface area contributed by atoms with Crippen molar-refractivity contribution in [1.29, 1.82) is 0 Å². The van der Waals surface area contributed by atoms with Gasteiger partial charge >= 0.3 is 5.97 Å². The Labute approximate surface area is 113 Å². The first-order chi connectivity index (χ1) is 8.45. The third kappa shape index (κ3) is 13.5. The van der Waals surface area contributed by atoms with E-state index in [1.54, 1.807) is 0 Å².